The van der Waals surface area contributed by atoms with E-state index in [0.717, 1.165) is 46.6 Å². The van der Waals surface area contributed by atoms with Crippen LogP contribution in [0.25, 0.3) is 22.3 Å². The second kappa shape index (κ2) is 8.50. The maximum absolute atomic E-state index is 6.60. The molecule has 0 unspecified atom stereocenters. The summed E-state index contributed by atoms with van der Waals surface area (Å²) < 4.78 is 18.3. The van der Waals surface area contributed by atoms with Crippen LogP contribution in [0.2, 0.25) is 0 Å². The molecule has 4 heteroatoms. The topological polar surface area (TPSA) is 34.8 Å². The molecular formula is C25H31NO3. The number of likely N-dealkylation sites (tertiary alicyclic amines) is 1. The van der Waals surface area contributed by atoms with E-state index < -0.39 is 0 Å². The molecule has 1 aromatic heterocycles. The summed E-state index contributed by atoms with van der Waals surface area (Å²) in [5.41, 5.74) is 1.89. The van der Waals surface area contributed by atoms with Crippen LogP contribution in [-0.4, -0.2) is 37.2 Å². The summed E-state index contributed by atoms with van der Waals surface area (Å²) in [6, 6.07) is 16.1. The molecule has 0 saturated carbocycles. The molecule has 0 spiro atoms. The SMILES string of the molecule is CCC(CC)(COc1c(-c2ccccc2)oc2cc(OC)ccc12)N1CCCC1. The molecule has 4 nitrogen and oxygen atoms in total. The zero-order valence-corrected chi connectivity index (χ0v) is 17.7. The van der Waals surface area contributed by atoms with Gasteiger partial charge in [0.2, 0.25) is 0 Å². The number of methoxy groups -OCH3 is 1. The molecule has 0 N–H and O–H groups in total. The highest BCUT2D eigenvalue weighted by Crippen LogP contribution is 2.42. The second-order valence-corrected chi connectivity index (χ2v) is 7.90. The van der Waals surface area contributed by atoms with Gasteiger partial charge in [-0.2, -0.15) is 0 Å². The summed E-state index contributed by atoms with van der Waals surface area (Å²) in [5, 5.41) is 0.993. The van der Waals surface area contributed by atoms with Gasteiger partial charge in [0.25, 0.3) is 0 Å². The molecule has 1 fully saturated rings. The van der Waals surface area contributed by atoms with E-state index in [1.807, 2.05) is 36.4 Å². The third-order valence-corrected chi connectivity index (χ3v) is 6.47. The van der Waals surface area contributed by atoms with Gasteiger partial charge in [-0.1, -0.05) is 44.2 Å². The number of ether oxygens (including phenoxy) is 2. The lowest BCUT2D eigenvalue weighted by atomic mass is 9.92. The van der Waals surface area contributed by atoms with Crippen molar-refractivity contribution in [3.8, 4) is 22.8 Å². The average molecular weight is 394 g/mol. The summed E-state index contributed by atoms with van der Waals surface area (Å²) in [4.78, 5) is 2.63. The van der Waals surface area contributed by atoms with E-state index in [0.29, 0.717) is 6.61 Å². The lowest BCUT2D eigenvalue weighted by Gasteiger charge is -2.40. The molecule has 4 rings (SSSR count). The predicted octanol–water partition coefficient (Wildman–Crippen LogP) is 6.14. The molecule has 0 atom stereocenters. The number of nitrogens with zero attached hydrogens (tertiary/aromatic N) is 1. The van der Waals surface area contributed by atoms with Crippen LogP contribution in [0, 0.1) is 0 Å². The van der Waals surface area contributed by atoms with Crippen molar-refractivity contribution in [2.45, 2.75) is 45.1 Å². The Morgan fingerprint density at radius 1 is 1.00 bits per heavy atom. The normalized spacial score (nSPS) is 15.1. The molecule has 0 aliphatic carbocycles. The fourth-order valence-corrected chi connectivity index (χ4v) is 4.49. The fraction of sp³-hybridized carbons (Fsp3) is 0.440. The zero-order chi connectivity index (χ0) is 20.3. The average Bonchev–Trinajstić information content (AvgIpc) is 3.44. The van der Waals surface area contributed by atoms with Crippen molar-refractivity contribution in [1.82, 2.24) is 4.90 Å². The number of hydrogen-bond donors (Lipinski definition) is 0. The summed E-state index contributed by atoms with van der Waals surface area (Å²) in [5.74, 6) is 2.40. The van der Waals surface area contributed by atoms with E-state index in [-0.39, 0.29) is 5.54 Å². The Bertz CT molecular complexity index is 937. The maximum Gasteiger partial charge on any atom is 0.177 e. The Morgan fingerprint density at radius 3 is 2.38 bits per heavy atom. The highest BCUT2D eigenvalue weighted by atomic mass is 16.5. The third-order valence-electron chi connectivity index (χ3n) is 6.47. The van der Waals surface area contributed by atoms with Gasteiger partial charge in [-0.3, -0.25) is 4.90 Å². The van der Waals surface area contributed by atoms with Crippen molar-refractivity contribution in [2.24, 2.45) is 0 Å². The first kappa shape index (κ1) is 19.8. The van der Waals surface area contributed by atoms with Crippen molar-refractivity contribution in [2.75, 3.05) is 26.8 Å². The Kier molecular flexibility index (Phi) is 5.81. The highest BCUT2D eigenvalue weighted by Gasteiger charge is 2.36. The van der Waals surface area contributed by atoms with Crippen LogP contribution in [0.4, 0.5) is 0 Å². The van der Waals surface area contributed by atoms with Gasteiger partial charge in [0, 0.05) is 11.6 Å². The van der Waals surface area contributed by atoms with Gasteiger partial charge >= 0.3 is 0 Å². The molecule has 1 saturated heterocycles. The van der Waals surface area contributed by atoms with E-state index in [2.05, 4.69) is 30.9 Å². The molecule has 0 radical (unpaired) electrons. The van der Waals surface area contributed by atoms with E-state index in [4.69, 9.17) is 13.9 Å². The fourth-order valence-electron chi connectivity index (χ4n) is 4.49. The quantitative estimate of drug-likeness (QED) is 0.460. The van der Waals surface area contributed by atoms with E-state index >= 15 is 0 Å². The van der Waals surface area contributed by atoms with Crippen LogP contribution >= 0.6 is 0 Å². The molecule has 0 amide bonds. The third kappa shape index (κ3) is 3.74. The first-order valence-corrected chi connectivity index (χ1v) is 10.7. The van der Waals surface area contributed by atoms with Gasteiger partial charge < -0.3 is 13.9 Å². The van der Waals surface area contributed by atoms with Gasteiger partial charge in [0.15, 0.2) is 11.5 Å². The Balaban J connectivity index is 1.73. The Labute approximate surface area is 173 Å². The molecule has 2 heterocycles. The number of fused-ring (bicyclic) bond motifs is 1. The molecule has 1 aliphatic rings. The Morgan fingerprint density at radius 2 is 1.72 bits per heavy atom. The number of rotatable bonds is 8. The minimum Gasteiger partial charge on any atom is -0.497 e. The summed E-state index contributed by atoms with van der Waals surface area (Å²) in [7, 11) is 1.67. The van der Waals surface area contributed by atoms with E-state index in [9.17, 15) is 0 Å². The smallest absolute Gasteiger partial charge is 0.177 e. The van der Waals surface area contributed by atoms with Crippen LogP contribution in [0.15, 0.2) is 52.9 Å². The van der Waals surface area contributed by atoms with Crippen molar-refractivity contribution in [1.29, 1.82) is 0 Å². The molecular weight excluding hydrogens is 362 g/mol. The lowest BCUT2D eigenvalue weighted by molar-refractivity contribution is 0.0512. The predicted molar refractivity (Wildman–Crippen MR) is 118 cm³/mol. The monoisotopic (exact) mass is 393 g/mol. The van der Waals surface area contributed by atoms with E-state index in [1.54, 1.807) is 7.11 Å². The number of benzene rings is 2. The van der Waals surface area contributed by atoms with Gasteiger partial charge in [-0.15, -0.1) is 0 Å². The summed E-state index contributed by atoms with van der Waals surface area (Å²) >= 11 is 0. The van der Waals surface area contributed by atoms with Crippen LogP contribution < -0.4 is 9.47 Å². The van der Waals surface area contributed by atoms with Crippen LogP contribution in [0.1, 0.15) is 39.5 Å². The lowest BCUT2D eigenvalue weighted by Crippen LogP contribution is -2.50. The number of hydrogen-bond acceptors (Lipinski definition) is 4. The first-order chi connectivity index (χ1) is 14.2. The summed E-state index contributed by atoms with van der Waals surface area (Å²) in [6.45, 7) is 7.56. The van der Waals surface area contributed by atoms with Gasteiger partial charge in [0.05, 0.1) is 18.0 Å². The second-order valence-electron chi connectivity index (χ2n) is 7.90. The maximum atomic E-state index is 6.60. The first-order valence-electron chi connectivity index (χ1n) is 10.7. The van der Waals surface area contributed by atoms with Crippen LogP contribution in [0.3, 0.4) is 0 Å². The van der Waals surface area contributed by atoms with Crippen molar-refractivity contribution in [3.05, 3.63) is 48.5 Å². The van der Waals surface area contributed by atoms with Gasteiger partial charge in [-0.25, -0.2) is 0 Å². The molecule has 2 aromatic carbocycles. The van der Waals surface area contributed by atoms with Gasteiger partial charge in [0.1, 0.15) is 17.9 Å². The minimum absolute atomic E-state index is 0.0700. The minimum atomic E-state index is 0.0700. The standard InChI is InChI=1S/C25H31NO3/c1-4-25(5-2,26-15-9-10-16-26)18-28-24-21-14-13-20(27-3)17-22(21)29-23(24)19-11-7-6-8-12-19/h6-8,11-14,17H,4-5,9-10,15-16,18H2,1-3H3. The molecule has 154 valence electrons. The summed E-state index contributed by atoms with van der Waals surface area (Å²) in [6.07, 6.45) is 4.72. The van der Waals surface area contributed by atoms with Crippen LogP contribution in [-0.2, 0) is 0 Å². The van der Waals surface area contributed by atoms with Crippen molar-refractivity contribution < 1.29 is 13.9 Å². The highest BCUT2D eigenvalue weighted by molar-refractivity contribution is 5.92. The van der Waals surface area contributed by atoms with Crippen molar-refractivity contribution >= 4 is 11.0 Å². The van der Waals surface area contributed by atoms with E-state index in [1.165, 1.54) is 25.9 Å². The molecule has 0 bridgehead atoms. The van der Waals surface area contributed by atoms with Crippen LogP contribution in [0.5, 0.6) is 11.5 Å². The number of furan rings is 1. The molecule has 29 heavy (non-hydrogen) atoms. The Hall–Kier alpha value is -2.46. The molecule has 1 aliphatic heterocycles. The van der Waals surface area contributed by atoms with Gasteiger partial charge in [-0.05, 0) is 50.9 Å². The molecule has 3 aromatic rings. The van der Waals surface area contributed by atoms with Crippen molar-refractivity contribution in [3.63, 3.8) is 0 Å². The zero-order valence-electron chi connectivity index (χ0n) is 17.7. The largest absolute Gasteiger partial charge is 0.497 e.